The molecular formula is C11H18N2S. The third-order valence-electron chi connectivity index (χ3n) is 2.92. The number of hydrogen-bond acceptors (Lipinski definition) is 3. The van der Waals surface area contributed by atoms with Crippen LogP contribution in [0.4, 0.5) is 0 Å². The van der Waals surface area contributed by atoms with Gasteiger partial charge in [-0.05, 0) is 36.8 Å². The number of hydrogen-bond donors (Lipinski definition) is 2. The second kappa shape index (κ2) is 4.01. The van der Waals surface area contributed by atoms with Crippen molar-refractivity contribution in [1.29, 1.82) is 0 Å². The van der Waals surface area contributed by atoms with Gasteiger partial charge < -0.3 is 0 Å². The van der Waals surface area contributed by atoms with E-state index in [4.69, 9.17) is 5.84 Å². The van der Waals surface area contributed by atoms with Crippen LogP contribution in [0.1, 0.15) is 41.6 Å². The molecule has 78 valence electrons. The molecule has 1 aliphatic rings. The molecule has 2 nitrogen and oxygen atoms in total. The van der Waals surface area contributed by atoms with E-state index >= 15 is 0 Å². The van der Waals surface area contributed by atoms with Gasteiger partial charge in [0.15, 0.2) is 0 Å². The zero-order chi connectivity index (χ0) is 10.1. The number of aryl methyl sites for hydroxylation is 2. The molecule has 1 aliphatic carbocycles. The number of fused-ring (bicyclic) bond motifs is 1. The van der Waals surface area contributed by atoms with E-state index < -0.39 is 0 Å². The fraction of sp³-hybridized carbons (Fsp3) is 0.636. The van der Waals surface area contributed by atoms with Crippen molar-refractivity contribution in [2.45, 2.75) is 39.2 Å². The van der Waals surface area contributed by atoms with Gasteiger partial charge in [-0.1, -0.05) is 13.8 Å². The zero-order valence-electron chi connectivity index (χ0n) is 8.84. The topological polar surface area (TPSA) is 38.0 Å². The second-order valence-corrected chi connectivity index (χ2v) is 5.51. The fourth-order valence-corrected chi connectivity index (χ4v) is 3.60. The summed E-state index contributed by atoms with van der Waals surface area (Å²) in [6, 6.07) is 2.67. The quantitative estimate of drug-likeness (QED) is 0.594. The summed E-state index contributed by atoms with van der Waals surface area (Å²) < 4.78 is 0. The largest absolute Gasteiger partial charge is 0.271 e. The Morgan fingerprint density at radius 2 is 2.21 bits per heavy atom. The van der Waals surface area contributed by atoms with Crippen molar-refractivity contribution < 1.29 is 0 Å². The van der Waals surface area contributed by atoms with Gasteiger partial charge in [-0.25, -0.2) is 0 Å². The number of nitrogens with two attached hydrogens (primary N) is 1. The molecule has 0 saturated heterocycles. The minimum Gasteiger partial charge on any atom is -0.271 e. The van der Waals surface area contributed by atoms with Crippen LogP contribution in [0.15, 0.2) is 6.07 Å². The summed E-state index contributed by atoms with van der Waals surface area (Å²) in [4.78, 5) is 2.99. The molecule has 0 radical (unpaired) electrons. The van der Waals surface area contributed by atoms with Crippen molar-refractivity contribution >= 4 is 11.3 Å². The maximum absolute atomic E-state index is 5.58. The fourth-order valence-electron chi connectivity index (χ4n) is 2.11. The Bertz CT molecular complexity index is 296. The van der Waals surface area contributed by atoms with E-state index in [1.54, 1.807) is 10.4 Å². The first-order valence-electron chi connectivity index (χ1n) is 5.30. The summed E-state index contributed by atoms with van der Waals surface area (Å²) in [6.45, 7) is 4.41. The number of hydrazine groups is 1. The molecule has 1 atom stereocenters. The van der Waals surface area contributed by atoms with Crippen molar-refractivity contribution in [2.24, 2.45) is 11.8 Å². The van der Waals surface area contributed by atoms with Gasteiger partial charge in [0, 0.05) is 9.75 Å². The number of thiophene rings is 1. The van der Waals surface area contributed by atoms with Crippen LogP contribution in [-0.4, -0.2) is 0 Å². The van der Waals surface area contributed by atoms with Crippen LogP contribution in [0.25, 0.3) is 0 Å². The van der Waals surface area contributed by atoms with Crippen molar-refractivity contribution in [1.82, 2.24) is 5.43 Å². The standard InChI is InChI=1S/C11H18N2S/c1-7(2)11(13-12)10-6-8-4-3-5-9(8)14-10/h6-7,11,13H,3-5,12H2,1-2H3. The highest BCUT2D eigenvalue weighted by Crippen LogP contribution is 2.35. The average Bonchev–Trinajstić information content (AvgIpc) is 2.63. The van der Waals surface area contributed by atoms with Crippen molar-refractivity contribution in [3.05, 3.63) is 21.4 Å². The van der Waals surface area contributed by atoms with Gasteiger partial charge in [0.05, 0.1) is 6.04 Å². The van der Waals surface area contributed by atoms with Gasteiger partial charge in [0.1, 0.15) is 0 Å². The third kappa shape index (κ3) is 1.72. The van der Waals surface area contributed by atoms with Gasteiger partial charge in [0.25, 0.3) is 0 Å². The van der Waals surface area contributed by atoms with Crippen molar-refractivity contribution in [2.75, 3.05) is 0 Å². The Morgan fingerprint density at radius 3 is 2.79 bits per heavy atom. The maximum atomic E-state index is 5.58. The van der Waals surface area contributed by atoms with E-state index in [0.717, 1.165) is 0 Å². The molecule has 0 amide bonds. The minimum atomic E-state index is 0.325. The molecule has 1 heterocycles. The number of nitrogens with one attached hydrogen (secondary N) is 1. The SMILES string of the molecule is CC(C)C(NN)c1cc2c(s1)CCC2. The molecule has 2 rings (SSSR count). The predicted molar refractivity (Wildman–Crippen MR) is 61.2 cm³/mol. The van der Waals surface area contributed by atoms with Crippen molar-refractivity contribution in [3.8, 4) is 0 Å². The van der Waals surface area contributed by atoms with Crippen molar-refractivity contribution in [3.63, 3.8) is 0 Å². The Balaban J connectivity index is 2.23. The Hall–Kier alpha value is -0.380. The van der Waals surface area contributed by atoms with Crippen LogP contribution < -0.4 is 11.3 Å². The molecule has 1 aromatic rings. The lowest BCUT2D eigenvalue weighted by Gasteiger charge is -2.18. The van der Waals surface area contributed by atoms with E-state index in [9.17, 15) is 0 Å². The highest BCUT2D eigenvalue weighted by atomic mass is 32.1. The lowest BCUT2D eigenvalue weighted by atomic mass is 10.0. The van der Waals surface area contributed by atoms with E-state index in [2.05, 4.69) is 25.3 Å². The first kappa shape index (κ1) is 10.1. The van der Waals surface area contributed by atoms with E-state index in [1.807, 2.05) is 11.3 Å². The lowest BCUT2D eigenvalue weighted by Crippen LogP contribution is -2.30. The van der Waals surface area contributed by atoms with Gasteiger partial charge in [0.2, 0.25) is 0 Å². The zero-order valence-corrected chi connectivity index (χ0v) is 9.66. The first-order chi connectivity index (χ1) is 6.72. The molecule has 0 saturated carbocycles. The lowest BCUT2D eigenvalue weighted by molar-refractivity contribution is 0.427. The van der Waals surface area contributed by atoms with Crippen LogP contribution in [0, 0.1) is 5.92 Å². The van der Waals surface area contributed by atoms with Gasteiger partial charge in [-0.3, -0.25) is 11.3 Å². The highest BCUT2D eigenvalue weighted by molar-refractivity contribution is 7.12. The predicted octanol–water partition coefficient (Wildman–Crippen LogP) is 2.40. The molecule has 14 heavy (non-hydrogen) atoms. The van der Waals surface area contributed by atoms with E-state index in [1.165, 1.54) is 24.1 Å². The summed E-state index contributed by atoms with van der Waals surface area (Å²) in [5.74, 6) is 6.14. The van der Waals surface area contributed by atoms with Gasteiger partial charge in [-0.2, -0.15) is 0 Å². The summed E-state index contributed by atoms with van der Waals surface area (Å²) in [5.41, 5.74) is 4.48. The summed E-state index contributed by atoms with van der Waals surface area (Å²) in [7, 11) is 0. The summed E-state index contributed by atoms with van der Waals surface area (Å²) in [6.07, 6.45) is 3.88. The summed E-state index contributed by atoms with van der Waals surface area (Å²) >= 11 is 1.94. The molecular weight excluding hydrogens is 192 g/mol. The average molecular weight is 210 g/mol. The van der Waals surface area contributed by atoms with E-state index in [-0.39, 0.29) is 0 Å². The second-order valence-electron chi connectivity index (χ2n) is 4.34. The van der Waals surface area contributed by atoms with Gasteiger partial charge >= 0.3 is 0 Å². The maximum Gasteiger partial charge on any atom is 0.0576 e. The Kier molecular flexibility index (Phi) is 2.91. The van der Waals surface area contributed by atoms with Crippen LogP contribution in [-0.2, 0) is 12.8 Å². The van der Waals surface area contributed by atoms with E-state index in [0.29, 0.717) is 12.0 Å². The van der Waals surface area contributed by atoms with Crippen LogP contribution in [0.5, 0.6) is 0 Å². The molecule has 0 aromatic carbocycles. The normalized spacial score (nSPS) is 17.4. The van der Waals surface area contributed by atoms with Crippen LogP contribution >= 0.6 is 11.3 Å². The molecule has 0 bridgehead atoms. The van der Waals surface area contributed by atoms with Crippen LogP contribution in [0.3, 0.4) is 0 Å². The first-order valence-corrected chi connectivity index (χ1v) is 6.11. The molecule has 0 fully saturated rings. The van der Waals surface area contributed by atoms with Gasteiger partial charge in [-0.15, -0.1) is 11.3 Å². The molecule has 3 N–H and O–H groups in total. The summed E-state index contributed by atoms with van der Waals surface area (Å²) in [5, 5.41) is 0. The van der Waals surface area contributed by atoms with Crippen LogP contribution in [0.2, 0.25) is 0 Å². The Morgan fingerprint density at radius 1 is 1.43 bits per heavy atom. The molecule has 1 aromatic heterocycles. The Labute approximate surface area is 89.5 Å². The smallest absolute Gasteiger partial charge is 0.0576 e. The minimum absolute atomic E-state index is 0.325. The molecule has 0 aliphatic heterocycles. The monoisotopic (exact) mass is 210 g/mol. The third-order valence-corrected chi connectivity index (χ3v) is 4.24. The highest BCUT2D eigenvalue weighted by Gasteiger charge is 2.21. The molecule has 0 spiro atoms. The number of rotatable bonds is 3. The molecule has 1 unspecified atom stereocenters. The molecule has 3 heteroatoms.